The zero-order chi connectivity index (χ0) is 26.1. The summed E-state index contributed by atoms with van der Waals surface area (Å²) in [7, 11) is 3.32. The summed E-state index contributed by atoms with van der Waals surface area (Å²) >= 11 is 3.38. The van der Waals surface area contributed by atoms with Crippen LogP contribution < -0.4 is 19.7 Å². The molecule has 1 aliphatic rings. The topological polar surface area (TPSA) is 63.7 Å². The van der Waals surface area contributed by atoms with E-state index in [0.717, 1.165) is 43.9 Å². The van der Waals surface area contributed by atoms with Crippen LogP contribution in [0.3, 0.4) is 0 Å². The van der Waals surface area contributed by atoms with Crippen LogP contribution in [0.15, 0.2) is 95.3 Å². The van der Waals surface area contributed by atoms with Gasteiger partial charge in [-0.1, -0.05) is 42.1 Å². The first kappa shape index (κ1) is 24.3. The monoisotopic (exact) mass is 539 g/mol. The van der Waals surface area contributed by atoms with Gasteiger partial charge in [-0.3, -0.25) is 9.69 Å². The lowest BCUT2D eigenvalue weighted by Gasteiger charge is -2.38. The summed E-state index contributed by atoms with van der Waals surface area (Å²) in [6, 6.07) is 29.5. The molecule has 1 N–H and O–H groups in total. The van der Waals surface area contributed by atoms with Gasteiger partial charge in [-0.2, -0.15) is 0 Å². The van der Waals surface area contributed by atoms with Crippen LogP contribution in [0.2, 0.25) is 0 Å². The lowest BCUT2D eigenvalue weighted by atomic mass is 10.0. The number of carbonyl (C=O) groups is 1. The van der Waals surface area contributed by atoms with Crippen molar-refractivity contribution in [2.45, 2.75) is 16.3 Å². The van der Waals surface area contributed by atoms with Crippen molar-refractivity contribution >= 4 is 50.6 Å². The average Bonchev–Trinajstić information content (AvgIpc) is 3.39. The zero-order valence-electron chi connectivity index (χ0n) is 20.9. The van der Waals surface area contributed by atoms with Gasteiger partial charge in [-0.05, 0) is 66.2 Å². The molecule has 0 bridgehead atoms. The number of amides is 1. The number of carbonyl (C=O) groups excluding carboxylic acids is 1. The molecule has 190 valence electrons. The van der Waals surface area contributed by atoms with Gasteiger partial charge in [0.1, 0.15) is 17.7 Å². The third-order valence-electron chi connectivity index (χ3n) is 6.52. The van der Waals surface area contributed by atoms with Crippen molar-refractivity contribution in [3.8, 4) is 11.5 Å². The second kappa shape index (κ2) is 10.4. The number of thiazole rings is 1. The molecule has 5 aromatic rings. The third-order valence-corrected chi connectivity index (χ3v) is 8.75. The number of fused-ring (bicyclic) bond motifs is 2. The first-order valence-corrected chi connectivity index (χ1v) is 13.9. The van der Waals surface area contributed by atoms with E-state index in [9.17, 15) is 4.79 Å². The standard InChI is InChI=1S/C30H25N3O3S2/c1-35-22-14-12-21(13-15-22)33-28(31-24-8-4-3-7-23(24)29(33)34)19-11-16-26(36-2)20(17-19)18-37-30-32-25-9-5-6-10-27(25)38-30/h3-17,28,31H,18H2,1-2H3/t28-/m0/s1. The molecular formula is C30H25N3O3S2. The minimum absolute atomic E-state index is 0.0595. The van der Waals surface area contributed by atoms with Crippen LogP contribution in [-0.2, 0) is 5.75 Å². The van der Waals surface area contributed by atoms with E-state index in [1.165, 1.54) is 4.70 Å². The van der Waals surface area contributed by atoms with Crippen molar-refractivity contribution < 1.29 is 14.3 Å². The van der Waals surface area contributed by atoms with E-state index in [0.29, 0.717) is 11.3 Å². The smallest absolute Gasteiger partial charge is 0.262 e. The van der Waals surface area contributed by atoms with Crippen LogP contribution in [0.5, 0.6) is 11.5 Å². The van der Waals surface area contributed by atoms with Crippen molar-refractivity contribution in [1.29, 1.82) is 0 Å². The number of anilines is 2. The molecule has 2 heterocycles. The van der Waals surface area contributed by atoms with Crippen molar-refractivity contribution in [2.24, 2.45) is 0 Å². The van der Waals surface area contributed by atoms with Crippen molar-refractivity contribution in [1.82, 2.24) is 4.98 Å². The van der Waals surface area contributed by atoms with Crippen molar-refractivity contribution in [2.75, 3.05) is 24.4 Å². The Morgan fingerprint density at radius 1 is 0.947 bits per heavy atom. The van der Waals surface area contributed by atoms with Gasteiger partial charge in [0.05, 0.1) is 30.0 Å². The number of para-hydroxylation sites is 2. The van der Waals surface area contributed by atoms with Gasteiger partial charge in [0, 0.05) is 22.7 Å². The Bertz CT molecular complexity index is 1580. The lowest BCUT2D eigenvalue weighted by Crippen LogP contribution is -2.43. The fourth-order valence-corrected chi connectivity index (χ4v) is 6.68. The molecule has 0 saturated carbocycles. The number of methoxy groups -OCH3 is 2. The molecule has 0 aliphatic carbocycles. The molecule has 1 aliphatic heterocycles. The normalized spacial score (nSPS) is 14.7. The van der Waals surface area contributed by atoms with Gasteiger partial charge in [0.2, 0.25) is 0 Å². The fraction of sp³-hybridized carbons (Fsp3) is 0.133. The first-order valence-electron chi connectivity index (χ1n) is 12.1. The minimum atomic E-state index is -0.400. The van der Waals surface area contributed by atoms with E-state index in [1.54, 1.807) is 42.2 Å². The van der Waals surface area contributed by atoms with Crippen LogP contribution in [0.1, 0.15) is 27.7 Å². The predicted molar refractivity (Wildman–Crippen MR) is 155 cm³/mol. The second-order valence-electron chi connectivity index (χ2n) is 8.77. The number of thioether (sulfide) groups is 1. The minimum Gasteiger partial charge on any atom is -0.497 e. The van der Waals surface area contributed by atoms with E-state index in [2.05, 4.69) is 17.4 Å². The Kier molecular flexibility index (Phi) is 6.66. The van der Waals surface area contributed by atoms with Gasteiger partial charge < -0.3 is 14.8 Å². The number of nitrogens with zero attached hydrogens (tertiary/aromatic N) is 2. The SMILES string of the molecule is COc1ccc(N2C(=O)c3ccccc3N[C@@H]2c2ccc(OC)c(CSc3nc4ccccc4s3)c2)cc1. The molecule has 0 radical (unpaired) electrons. The number of hydrogen-bond acceptors (Lipinski definition) is 7. The maximum absolute atomic E-state index is 13.8. The summed E-state index contributed by atoms with van der Waals surface area (Å²) < 4.78 is 13.2. The van der Waals surface area contributed by atoms with Crippen LogP contribution in [0.4, 0.5) is 11.4 Å². The zero-order valence-corrected chi connectivity index (χ0v) is 22.5. The Balaban J connectivity index is 1.36. The average molecular weight is 540 g/mol. The number of aromatic nitrogens is 1. The first-order chi connectivity index (χ1) is 18.6. The molecule has 0 spiro atoms. The van der Waals surface area contributed by atoms with Crippen molar-refractivity contribution in [3.63, 3.8) is 0 Å². The lowest BCUT2D eigenvalue weighted by molar-refractivity contribution is 0.0975. The quantitative estimate of drug-likeness (QED) is 0.218. The second-order valence-corrected chi connectivity index (χ2v) is 11.0. The Labute approximate surface area is 229 Å². The highest BCUT2D eigenvalue weighted by atomic mass is 32.2. The number of benzene rings is 4. The van der Waals surface area contributed by atoms with Gasteiger partial charge in [-0.25, -0.2) is 4.98 Å². The molecule has 1 amide bonds. The van der Waals surface area contributed by atoms with Crippen molar-refractivity contribution in [3.05, 3.63) is 108 Å². The Hall–Kier alpha value is -4.01. The summed E-state index contributed by atoms with van der Waals surface area (Å²) in [6.45, 7) is 0. The Morgan fingerprint density at radius 3 is 2.53 bits per heavy atom. The van der Waals surface area contributed by atoms with Gasteiger partial charge in [0.15, 0.2) is 4.34 Å². The number of ether oxygens (including phenoxy) is 2. The molecule has 0 saturated heterocycles. The summed E-state index contributed by atoms with van der Waals surface area (Å²) in [5.41, 5.74) is 5.25. The Morgan fingerprint density at radius 2 is 1.74 bits per heavy atom. The summed E-state index contributed by atoms with van der Waals surface area (Å²) in [4.78, 5) is 20.3. The summed E-state index contributed by atoms with van der Waals surface area (Å²) in [6.07, 6.45) is -0.400. The largest absolute Gasteiger partial charge is 0.497 e. The van der Waals surface area contributed by atoms with E-state index in [1.807, 2.05) is 78.9 Å². The van der Waals surface area contributed by atoms with E-state index in [4.69, 9.17) is 14.5 Å². The predicted octanol–water partition coefficient (Wildman–Crippen LogP) is 7.38. The molecule has 1 aromatic heterocycles. The molecule has 6 nitrogen and oxygen atoms in total. The molecule has 38 heavy (non-hydrogen) atoms. The van der Waals surface area contributed by atoms with E-state index >= 15 is 0 Å². The third kappa shape index (κ3) is 4.57. The van der Waals surface area contributed by atoms with Crippen LogP contribution >= 0.6 is 23.1 Å². The van der Waals surface area contributed by atoms with Gasteiger partial charge in [0.25, 0.3) is 5.91 Å². The summed E-state index contributed by atoms with van der Waals surface area (Å²) in [5.74, 6) is 2.18. The van der Waals surface area contributed by atoms with Crippen LogP contribution in [-0.4, -0.2) is 25.1 Å². The van der Waals surface area contributed by atoms with Crippen LogP contribution in [0, 0.1) is 0 Å². The van der Waals surface area contributed by atoms with E-state index in [-0.39, 0.29) is 5.91 Å². The molecule has 1 atom stereocenters. The number of rotatable bonds is 7. The van der Waals surface area contributed by atoms with Gasteiger partial charge in [-0.15, -0.1) is 11.3 Å². The highest BCUT2D eigenvalue weighted by Gasteiger charge is 2.34. The fourth-order valence-electron chi connectivity index (χ4n) is 4.63. The molecule has 4 aromatic carbocycles. The molecule has 0 fully saturated rings. The van der Waals surface area contributed by atoms with Gasteiger partial charge >= 0.3 is 0 Å². The molecule has 6 rings (SSSR count). The highest BCUT2D eigenvalue weighted by molar-refractivity contribution is 8.00. The molecule has 0 unspecified atom stereocenters. The molecule has 8 heteroatoms. The number of hydrogen-bond donors (Lipinski definition) is 1. The van der Waals surface area contributed by atoms with E-state index < -0.39 is 6.17 Å². The maximum atomic E-state index is 13.8. The molecular weight excluding hydrogens is 514 g/mol. The maximum Gasteiger partial charge on any atom is 0.262 e. The van der Waals surface area contributed by atoms with Crippen LogP contribution in [0.25, 0.3) is 10.2 Å². The summed E-state index contributed by atoms with van der Waals surface area (Å²) in [5, 5.41) is 3.59. The number of nitrogens with one attached hydrogen (secondary N) is 1. The highest BCUT2D eigenvalue weighted by Crippen LogP contribution is 2.39.